The van der Waals surface area contributed by atoms with Crippen LogP contribution in [-0.4, -0.2) is 23.2 Å². The molecule has 0 aromatic heterocycles. The van der Waals surface area contributed by atoms with E-state index in [-0.39, 0.29) is 0 Å². The van der Waals surface area contributed by atoms with Gasteiger partial charge in [0.1, 0.15) is 0 Å². The molecule has 86 valence electrons. The molecule has 0 aliphatic carbocycles. The van der Waals surface area contributed by atoms with E-state index in [1.165, 1.54) is 19.3 Å². The Kier molecular flexibility index (Phi) is 3.74. The quantitative estimate of drug-likeness (QED) is 0.796. The van der Waals surface area contributed by atoms with Crippen molar-refractivity contribution in [3.63, 3.8) is 0 Å². The van der Waals surface area contributed by atoms with Gasteiger partial charge in [-0.1, -0.05) is 24.6 Å². The third kappa shape index (κ3) is 2.51. The first-order valence-electron chi connectivity index (χ1n) is 5.68. The number of nitrogens with zero attached hydrogens (tertiary/aromatic N) is 2. The van der Waals surface area contributed by atoms with Crippen molar-refractivity contribution in [1.82, 2.24) is 5.01 Å². The lowest BCUT2D eigenvalue weighted by molar-refractivity contribution is 0.237. The van der Waals surface area contributed by atoms with E-state index < -0.39 is 0 Å². The average molecular weight is 235 g/mol. The van der Waals surface area contributed by atoms with E-state index in [1.54, 1.807) is 0 Å². The Bertz CT molecular complexity index is 347. The van der Waals surface area contributed by atoms with Crippen LogP contribution in [0.3, 0.4) is 0 Å². The highest BCUT2D eigenvalue weighted by Gasteiger charge is 2.20. The Morgan fingerprint density at radius 2 is 1.75 bits per heavy atom. The van der Waals surface area contributed by atoms with Crippen LogP contribution in [0.2, 0.25) is 0 Å². The van der Waals surface area contributed by atoms with Crippen LogP contribution in [-0.2, 0) is 0 Å². The SMILES string of the molecule is NC(=S)N(c1ccccc1)N1CCCCC1. The third-order valence-corrected chi connectivity index (χ3v) is 3.00. The van der Waals surface area contributed by atoms with Gasteiger partial charge in [0.2, 0.25) is 0 Å². The summed E-state index contributed by atoms with van der Waals surface area (Å²) in [6.07, 6.45) is 3.73. The van der Waals surface area contributed by atoms with E-state index in [0.29, 0.717) is 5.11 Å². The van der Waals surface area contributed by atoms with Crippen LogP contribution in [0.5, 0.6) is 0 Å². The molecule has 0 unspecified atom stereocenters. The number of nitrogens with two attached hydrogens (primary N) is 1. The molecule has 1 heterocycles. The summed E-state index contributed by atoms with van der Waals surface area (Å²) >= 11 is 5.14. The number of hydrogen-bond acceptors (Lipinski definition) is 2. The molecule has 0 radical (unpaired) electrons. The minimum absolute atomic E-state index is 0.424. The number of anilines is 1. The molecule has 0 amide bonds. The number of piperidine rings is 1. The summed E-state index contributed by atoms with van der Waals surface area (Å²) in [5.41, 5.74) is 6.87. The van der Waals surface area contributed by atoms with E-state index in [2.05, 4.69) is 5.01 Å². The van der Waals surface area contributed by atoms with Crippen LogP contribution in [0, 0.1) is 0 Å². The Labute approximate surface area is 102 Å². The number of benzene rings is 1. The molecular weight excluding hydrogens is 218 g/mol. The Morgan fingerprint density at radius 1 is 1.12 bits per heavy atom. The van der Waals surface area contributed by atoms with Crippen LogP contribution < -0.4 is 10.7 Å². The molecule has 1 aromatic rings. The third-order valence-electron chi connectivity index (χ3n) is 2.82. The smallest absolute Gasteiger partial charge is 0.185 e. The first-order chi connectivity index (χ1) is 7.79. The Hall–Kier alpha value is -1.13. The van der Waals surface area contributed by atoms with Gasteiger partial charge in [-0.2, -0.15) is 0 Å². The molecule has 2 N–H and O–H groups in total. The number of hydrazine groups is 1. The molecule has 1 saturated heterocycles. The fourth-order valence-electron chi connectivity index (χ4n) is 2.08. The molecule has 1 aliphatic heterocycles. The number of rotatable bonds is 2. The maximum Gasteiger partial charge on any atom is 0.185 e. The predicted octanol–water partition coefficient (Wildman–Crippen LogP) is 2.14. The molecule has 16 heavy (non-hydrogen) atoms. The summed E-state index contributed by atoms with van der Waals surface area (Å²) < 4.78 is 0. The molecule has 3 nitrogen and oxygen atoms in total. The van der Waals surface area contributed by atoms with Gasteiger partial charge in [0.15, 0.2) is 5.11 Å². The molecule has 2 rings (SSSR count). The molecule has 4 heteroatoms. The monoisotopic (exact) mass is 235 g/mol. The topological polar surface area (TPSA) is 32.5 Å². The van der Waals surface area contributed by atoms with Crippen molar-refractivity contribution in [3.8, 4) is 0 Å². The lowest BCUT2D eigenvalue weighted by atomic mass is 10.1. The molecule has 1 fully saturated rings. The zero-order valence-corrected chi connectivity index (χ0v) is 10.1. The zero-order chi connectivity index (χ0) is 11.4. The second kappa shape index (κ2) is 5.27. The van der Waals surface area contributed by atoms with Crippen molar-refractivity contribution >= 4 is 23.0 Å². The van der Waals surface area contributed by atoms with Gasteiger partial charge in [0, 0.05) is 13.1 Å². The van der Waals surface area contributed by atoms with Gasteiger partial charge in [0.05, 0.1) is 5.69 Å². The Balaban J connectivity index is 2.20. The fourth-order valence-corrected chi connectivity index (χ4v) is 2.30. The lowest BCUT2D eigenvalue weighted by Gasteiger charge is -2.37. The van der Waals surface area contributed by atoms with Crippen molar-refractivity contribution in [2.24, 2.45) is 5.73 Å². The van der Waals surface area contributed by atoms with Crippen molar-refractivity contribution in [1.29, 1.82) is 0 Å². The molecule has 1 aliphatic rings. The highest BCUT2D eigenvalue weighted by atomic mass is 32.1. The summed E-state index contributed by atoms with van der Waals surface area (Å²) in [6.45, 7) is 2.07. The van der Waals surface area contributed by atoms with Gasteiger partial charge in [-0.15, -0.1) is 0 Å². The van der Waals surface area contributed by atoms with Gasteiger partial charge in [0.25, 0.3) is 0 Å². The van der Waals surface area contributed by atoms with Crippen molar-refractivity contribution in [3.05, 3.63) is 30.3 Å². The standard InChI is InChI=1S/C12H17N3S/c13-12(16)15(11-7-3-1-4-8-11)14-9-5-2-6-10-14/h1,3-4,7-8H,2,5-6,9-10H2,(H2,13,16). The van der Waals surface area contributed by atoms with Crippen LogP contribution in [0.25, 0.3) is 0 Å². The van der Waals surface area contributed by atoms with Gasteiger partial charge in [-0.25, -0.2) is 10.0 Å². The lowest BCUT2D eigenvalue weighted by Crippen LogP contribution is -2.51. The minimum atomic E-state index is 0.424. The molecular formula is C12H17N3S. The summed E-state index contributed by atoms with van der Waals surface area (Å²) in [6, 6.07) is 10.1. The van der Waals surface area contributed by atoms with Gasteiger partial charge < -0.3 is 5.73 Å². The normalized spacial score (nSPS) is 17.0. The molecule has 0 spiro atoms. The zero-order valence-electron chi connectivity index (χ0n) is 9.30. The largest absolute Gasteiger partial charge is 0.375 e. The highest BCUT2D eigenvalue weighted by molar-refractivity contribution is 7.80. The second-order valence-electron chi connectivity index (χ2n) is 4.00. The average Bonchev–Trinajstić information content (AvgIpc) is 2.31. The summed E-state index contributed by atoms with van der Waals surface area (Å²) in [4.78, 5) is 0. The molecule has 0 bridgehead atoms. The first kappa shape index (κ1) is 11.4. The number of para-hydroxylation sites is 1. The van der Waals surface area contributed by atoms with Gasteiger partial charge in [-0.3, -0.25) is 0 Å². The summed E-state index contributed by atoms with van der Waals surface area (Å²) in [7, 11) is 0. The Morgan fingerprint density at radius 3 is 2.31 bits per heavy atom. The second-order valence-corrected chi connectivity index (χ2v) is 4.42. The van der Waals surface area contributed by atoms with Crippen molar-refractivity contribution < 1.29 is 0 Å². The van der Waals surface area contributed by atoms with E-state index >= 15 is 0 Å². The molecule has 0 saturated carbocycles. The summed E-state index contributed by atoms with van der Waals surface area (Å²) in [5.74, 6) is 0. The van der Waals surface area contributed by atoms with Crippen LogP contribution in [0.15, 0.2) is 30.3 Å². The first-order valence-corrected chi connectivity index (χ1v) is 6.09. The van der Waals surface area contributed by atoms with Gasteiger partial charge in [-0.05, 0) is 37.2 Å². The fraction of sp³-hybridized carbons (Fsp3) is 0.417. The van der Waals surface area contributed by atoms with Crippen molar-refractivity contribution in [2.45, 2.75) is 19.3 Å². The van der Waals surface area contributed by atoms with Crippen LogP contribution in [0.4, 0.5) is 5.69 Å². The van der Waals surface area contributed by atoms with Crippen molar-refractivity contribution in [2.75, 3.05) is 18.1 Å². The maximum absolute atomic E-state index is 5.82. The van der Waals surface area contributed by atoms with Gasteiger partial charge >= 0.3 is 0 Å². The van der Waals surface area contributed by atoms with E-state index in [0.717, 1.165) is 18.8 Å². The van der Waals surface area contributed by atoms with E-state index in [4.69, 9.17) is 18.0 Å². The predicted molar refractivity (Wildman–Crippen MR) is 71.1 cm³/mol. The minimum Gasteiger partial charge on any atom is -0.375 e. The molecule has 1 aromatic carbocycles. The van der Waals surface area contributed by atoms with E-state index in [9.17, 15) is 0 Å². The maximum atomic E-state index is 5.82. The number of hydrogen-bond donors (Lipinski definition) is 1. The number of thiocarbonyl (C=S) groups is 1. The summed E-state index contributed by atoms with van der Waals surface area (Å²) in [5, 5.41) is 4.61. The molecule has 0 atom stereocenters. The van der Waals surface area contributed by atoms with Crippen LogP contribution >= 0.6 is 12.2 Å². The highest BCUT2D eigenvalue weighted by Crippen LogP contribution is 2.19. The van der Waals surface area contributed by atoms with E-state index in [1.807, 2.05) is 35.3 Å². The van der Waals surface area contributed by atoms with Crippen LogP contribution in [0.1, 0.15) is 19.3 Å².